The van der Waals surface area contributed by atoms with E-state index in [2.05, 4.69) is 5.10 Å². The average molecular weight is 224 g/mol. The Kier molecular flexibility index (Phi) is 3.09. The molecule has 1 aromatic heterocycles. The largest absolute Gasteiger partial charge is 0.382 e. The molecule has 0 saturated carbocycles. The number of hydrogen-bond acceptors (Lipinski definition) is 4. The lowest BCUT2D eigenvalue weighted by atomic mass is 10.3. The fourth-order valence-corrected chi connectivity index (χ4v) is 1.78. The number of aromatic nitrogens is 2. The van der Waals surface area contributed by atoms with Crippen LogP contribution in [0.4, 0.5) is 5.82 Å². The Morgan fingerprint density at radius 1 is 1.56 bits per heavy atom. The van der Waals surface area contributed by atoms with Crippen molar-refractivity contribution in [3.8, 4) is 0 Å². The van der Waals surface area contributed by atoms with Crippen LogP contribution in [0.1, 0.15) is 17.4 Å². The van der Waals surface area contributed by atoms with Crippen LogP contribution in [-0.4, -0.2) is 46.9 Å². The second-order valence-electron chi connectivity index (χ2n) is 3.67. The van der Waals surface area contributed by atoms with Gasteiger partial charge in [-0.3, -0.25) is 9.48 Å². The summed E-state index contributed by atoms with van der Waals surface area (Å²) in [5, 5.41) is 4.06. The summed E-state index contributed by atoms with van der Waals surface area (Å²) in [4.78, 5) is 13.9. The van der Waals surface area contributed by atoms with Crippen molar-refractivity contribution in [1.29, 1.82) is 0 Å². The highest BCUT2D eigenvalue weighted by atomic mass is 16.5. The predicted molar refractivity (Wildman–Crippen MR) is 59.0 cm³/mol. The molecular weight excluding hydrogens is 208 g/mol. The third kappa shape index (κ3) is 2.01. The second-order valence-corrected chi connectivity index (χ2v) is 3.67. The number of amides is 1. The predicted octanol–water partition coefficient (Wildman–Crippen LogP) is -0.0424. The molecule has 1 amide bonds. The van der Waals surface area contributed by atoms with E-state index in [1.807, 2.05) is 6.92 Å². The minimum Gasteiger partial charge on any atom is -0.382 e. The Hall–Kier alpha value is -1.56. The first-order chi connectivity index (χ1) is 7.72. The zero-order chi connectivity index (χ0) is 11.5. The maximum absolute atomic E-state index is 12.1. The van der Waals surface area contributed by atoms with Gasteiger partial charge in [0.25, 0.3) is 5.91 Å². The molecule has 0 radical (unpaired) electrons. The monoisotopic (exact) mass is 224 g/mol. The van der Waals surface area contributed by atoms with Gasteiger partial charge in [0.2, 0.25) is 0 Å². The zero-order valence-electron chi connectivity index (χ0n) is 9.35. The van der Waals surface area contributed by atoms with Gasteiger partial charge in [-0.05, 0) is 6.92 Å². The number of rotatable bonds is 2. The normalized spacial score (nSPS) is 16.4. The number of carbonyl (C=O) groups is 1. The molecule has 1 fully saturated rings. The summed E-state index contributed by atoms with van der Waals surface area (Å²) in [7, 11) is 0. The van der Waals surface area contributed by atoms with Crippen LogP contribution in [-0.2, 0) is 11.3 Å². The van der Waals surface area contributed by atoms with Gasteiger partial charge >= 0.3 is 0 Å². The van der Waals surface area contributed by atoms with Gasteiger partial charge in [-0.2, -0.15) is 5.10 Å². The molecule has 0 aromatic carbocycles. The quantitative estimate of drug-likeness (QED) is 0.765. The van der Waals surface area contributed by atoms with Crippen molar-refractivity contribution in [3.63, 3.8) is 0 Å². The van der Waals surface area contributed by atoms with Crippen molar-refractivity contribution in [2.24, 2.45) is 0 Å². The third-order valence-electron chi connectivity index (χ3n) is 2.62. The van der Waals surface area contributed by atoms with Crippen molar-refractivity contribution < 1.29 is 9.53 Å². The molecule has 0 spiro atoms. The molecule has 0 unspecified atom stereocenters. The van der Waals surface area contributed by atoms with E-state index in [0.717, 1.165) is 0 Å². The molecule has 88 valence electrons. The van der Waals surface area contributed by atoms with Crippen LogP contribution >= 0.6 is 0 Å². The number of anilines is 1. The second kappa shape index (κ2) is 4.52. The molecular formula is C10H16N4O2. The maximum atomic E-state index is 12.1. The van der Waals surface area contributed by atoms with Gasteiger partial charge in [-0.15, -0.1) is 0 Å². The van der Waals surface area contributed by atoms with E-state index in [4.69, 9.17) is 10.5 Å². The molecule has 0 atom stereocenters. The molecule has 1 aliphatic heterocycles. The van der Waals surface area contributed by atoms with Gasteiger partial charge in [0.15, 0.2) is 0 Å². The van der Waals surface area contributed by atoms with Gasteiger partial charge in [-0.1, -0.05) is 0 Å². The van der Waals surface area contributed by atoms with E-state index in [-0.39, 0.29) is 5.91 Å². The number of hydrogen-bond donors (Lipinski definition) is 1. The van der Waals surface area contributed by atoms with E-state index in [1.165, 1.54) is 0 Å². The van der Waals surface area contributed by atoms with E-state index in [9.17, 15) is 4.79 Å². The summed E-state index contributed by atoms with van der Waals surface area (Å²) in [6, 6.07) is 1.63. The van der Waals surface area contributed by atoms with Crippen molar-refractivity contribution >= 4 is 11.7 Å². The number of morpholine rings is 1. The number of carbonyl (C=O) groups excluding carboxylic acids is 1. The van der Waals surface area contributed by atoms with Crippen LogP contribution in [0.5, 0.6) is 0 Å². The standard InChI is InChI=1S/C10H16N4O2/c1-2-14-8(7-9(11)12-14)10(15)13-3-5-16-6-4-13/h7H,2-6H2,1H3,(H2,11,12). The number of aryl methyl sites for hydroxylation is 1. The lowest BCUT2D eigenvalue weighted by molar-refractivity contribution is 0.0295. The summed E-state index contributed by atoms with van der Waals surface area (Å²) in [5.74, 6) is 0.368. The topological polar surface area (TPSA) is 73.4 Å². The molecule has 2 heterocycles. The number of ether oxygens (including phenoxy) is 1. The Morgan fingerprint density at radius 3 is 2.88 bits per heavy atom. The highest BCUT2D eigenvalue weighted by Crippen LogP contribution is 2.10. The lowest BCUT2D eigenvalue weighted by Crippen LogP contribution is -2.41. The fourth-order valence-electron chi connectivity index (χ4n) is 1.78. The van der Waals surface area contributed by atoms with Gasteiger partial charge in [-0.25, -0.2) is 0 Å². The molecule has 1 saturated heterocycles. The zero-order valence-corrected chi connectivity index (χ0v) is 9.35. The summed E-state index contributed by atoms with van der Waals surface area (Å²) < 4.78 is 6.84. The van der Waals surface area contributed by atoms with Gasteiger partial charge in [0.1, 0.15) is 11.5 Å². The van der Waals surface area contributed by atoms with Crippen LogP contribution in [0.15, 0.2) is 6.07 Å². The molecule has 6 nitrogen and oxygen atoms in total. The third-order valence-corrected chi connectivity index (χ3v) is 2.62. The van der Waals surface area contributed by atoms with Crippen molar-refractivity contribution in [2.45, 2.75) is 13.5 Å². The lowest BCUT2D eigenvalue weighted by Gasteiger charge is -2.26. The van der Waals surface area contributed by atoms with Gasteiger partial charge < -0.3 is 15.4 Å². The minimum atomic E-state index is -0.0191. The Bertz CT molecular complexity index is 382. The number of nitrogens with zero attached hydrogens (tertiary/aromatic N) is 3. The van der Waals surface area contributed by atoms with E-state index >= 15 is 0 Å². The summed E-state index contributed by atoms with van der Waals surface area (Å²) in [6.45, 7) is 5.04. The molecule has 1 aromatic rings. The number of nitrogens with two attached hydrogens (primary N) is 1. The van der Waals surface area contributed by atoms with Crippen molar-refractivity contribution in [3.05, 3.63) is 11.8 Å². The SMILES string of the molecule is CCn1nc(N)cc1C(=O)N1CCOCC1. The summed E-state index contributed by atoms with van der Waals surface area (Å²) in [6.07, 6.45) is 0. The van der Waals surface area contributed by atoms with E-state index in [1.54, 1.807) is 15.6 Å². The summed E-state index contributed by atoms with van der Waals surface area (Å²) in [5.41, 5.74) is 6.15. The summed E-state index contributed by atoms with van der Waals surface area (Å²) >= 11 is 0. The van der Waals surface area contributed by atoms with Crippen molar-refractivity contribution in [2.75, 3.05) is 32.0 Å². The Balaban J connectivity index is 2.18. The maximum Gasteiger partial charge on any atom is 0.272 e. The molecule has 0 aliphatic carbocycles. The van der Waals surface area contributed by atoms with E-state index < -0.39 is 0 Å². The first-order valence-electron chi connectivity index (χ1n) is 5.42. The van der Waals surface area contributed by atoms with Crippen LogP contribution < -0.4 is 5.73 Å². The average Bonchev–Trinajstić information content (AvgIpc) is 2.70. The highest BCUT2D eigenvalue weighted by molar-refractivity contribution is 5.93. The molecule has 2 N–H and O–H groups in total. The van der Waals surface area contributed by atoms with Gasteiger partial charge in [0.05, 0.1) is 13.2 Å². The highest BCUT2D eigenvalue weighted by Gasteiger charge is 2.22. The van der Waals surface area contributed by atoms with Crippen LogP contribution in [0.25, 0.3) is 0 Å². The molecule has 1 aliphatic rings. The first kappa shape index (κ1) is 10.9. The fraction of sp³-hybridized carbons (Fsp3) is 0.600. The smallest absolute Gasteiger partial charge is 0.272 e. The van der Waals surface area contributed by atoms with Crippen LogP contribution in [0.3, 0.4) is 0 Å². The van der Waals surface area contributed by atoms with Gasteiger partial charge in [0, 0.05) is 25.7 Å². The first-order valence-corrected chi connectivity index (χ1v) is 5.42. The molecule has 6 heteroatoms. The molecule has 16 heavy (non-hydrogen) atoms. The van der Waals surface area contributed by atoms with Crippen LogP contribution in [0.2, 0.25) is 0 Å². The van der Waals surface area contributed by atoms with Crippen LogP contribution in [0, 0.1) is 0 Å². The molecule has 2 rings (SSSR count). The minimum absolute atomic E-state index is 0.0191. The van der Waals surface area contributed by atoms with Crippen molar-refractivity contribution in [1.82, 2.24) is 14.7 Å². The molecule has 0 bridgehead atoms. The Labute approximate surface area is 94.0 Å². The number of nitrogen functional groups attached to an aromatic ring is 1. The Morgan fingerprint density at radius 2 is 2.25 bits per heavy atom. The van der Waals surface area contributed by atoms with E-state index in [0.29, 0.717) is 44.4 Å².